The molecule has 0 radical (unpaired) electrons. The van der Waals surface area contributed by atoms with Gasteiger partial charge in [-0.1, -0.05) is 12.8 Å². The van der Waals surface area contributed by atoms with E-state index in [-0.39, 0.29) is 0 Å². The molecule has 18 heavy (non-hydrogen) atoms. The summed E-state index contributed by atoms with van der Waals surface area (Å²) in [4.78, 5) is 0. The zero-order valence-corrected chi connectivity index (χ0v) is 11.7. The maximum Gasteiger partial charge on any atom is 0.0468 e. The highest BCUT2D eigenvalue weighted by Gasteiger charge is 2.12. The molecule has 3 heteroatoms. The number of rotatable bonds is 6. The molecule has 1 aliphatic heterocycles. The van der Waals surface area contributed by atoms with Gasteiger partial charge in [-0.05, 0) is 51.2 Å². The molecule has 0 amide bonds. The van der Waals surface area contributed by atoms with Crippen LogP contribution in [0.1, 0.15) is 43.5 Å². The molecule has 102 valence electrons. The van der Waals surface area contributed by atoms with E-state index in [9.17, 15) is 0 Å². The van der Waals surface area contributed by atoms with E-state index in [0.717, 1.165) is 25.7 Å². The molecule has 1 N–H and O–H groups in total. The van der Waals surface area contributed by atoms with Crippen molar-refractivity contribution in [2.24, 2.45) is 5.92 Å². The van der Waals surface area contributed by atoms with Crippen LogP contribution in [0.25, 0.3) is 0 Å². The third-order valence-electron chi connectivity index (χ3n) is 3.92. The number of nitrogens with zero attached hydrogens (tertiary/aromatic N) is 1. The Kier molecular flexibility index (Phi) is 5.12. The highest BCUT2D eigenvalue weighted by molar-refractivity contribution is 5.15. The van der Waals surface area contributed by atoms with Crippen LogP contribution in [0.15, 0.2) is 12.1 Å². The fourth-order valence-corrected chi connectivity index (χ4v) is 2.70. The zero-order valence-electron chi connectivity index (χ0n) is 11.7. The molecule has 0 aromatic carbocycles. The van der Waals surface area contributed by atoms with Gasteiger partial charge in [0.25, 0.3) is 0 Å². The molecule has 3 nitrogen and oxygen atoms in total. The largest absolute Gasteiger partial charge is 0.381 e. The average molecular weight is 250 g/mol. The number of ether oxygens (including phenoxy) is 1. The van der Waals surface area contributed by atoms with Gasteiger partial charge in [-0.25, -0.2) is 0 Å². The lowest BCUT2D eigenvalue weighted by molar-refractivity contribution is 0.0632. The number of nitrogens with one attached hydrogen (secondary N) is 1. The van der Waals surface area contributed by atoms with Crippen LogP contribution in [0.2, 0.25) is 0 Å². The van der Waals surface area contributed by atoms with Gasteiger partial charge >= 0.3 is 0 Å². The SMILES string of the molecule is Cc1ccc(C)n1NCCCCC1CCOCC1. The lowest BCUT2D eigenvalue weighted by Crippen LogP contribution is -2.19. The summed E-state index contributed by atoms with van der Waals surface area (Å²) in [6, 6.07) is 4.31. The van der Waals surface area contributed by atoms with E-state index in [4.69, 9.17) is 4.74 Å². The Morgan fingerprint density at radius 2 is 1.83 bits per heavy atom. The van der Waals surface area contributed by atoms with Gasteiger partial charge in [0.2, 0.25) is 0 Å². The van der Waals surface area contributed by atoms with Gasteiger partial charge < -0.3 is 10.2 Å². The van der Waals surface area contributed by atoms with E-state index >= 15 is 0 Å². The van der Waals surface area contributed by atoms with Gasteiger partial charge in [0.05, 0.1) is 0 Å². The highest BCUT2D eigenvalue weighted by atomic mass is 16.5. The predicted octanol–water partition coefficient (Wildman–Crippen LogP) is 3.25. The Hall–Kier alpha value is -0.960. The summed E-state index contributed by atoms with van der Waals surface area (Å²) in [5.74, 6) is 0.911. The van der Waals surface area contributed by atoms with Crippen molar-refractivity contribution < 1.29 is 4.74 Å². The molecule has 0 atom stereocenters. The van der Waals surface area contributed by atoms with Crippen LogP contribution in [0, 0.1) is 19.8 Å². The molecule has 1 fully saturated rings. The highest BCUT2D eigenvalue weighted by Crippen LogP contribution is 2.20. The maximum absolute atomic E-state index is 5.39. The number of unbranched alkanes of at least 4 members (excludes halogenated alkanes) is 1. The summed E-state index contributed by atoms with van der Waals surface area (Å²) in [6.07, 6.45) is 6.49. The summed E-state index contributed by atoms with van der Waals surface area (Å²) in [7, 11) is 0. The van der Waals surface area contributed by atoms with E-state index < -0.39 is 0 Å². The molecule has 0 aliphatic carbocycles. The topological polar surface area (TPSA) is 26.2 Å². The predicted molar refractivity (Wildman–Crippen MR) is 75.5 cm³/mol. The first-order valence-electron chi connectivity index (χ1n) is 7.24. The second-order valence-electron chi connectivity index (χ2n) is 5.41. The molecule has 0 spiro atoms. The van der Waals surface area contributed by atoms with Crippen molar-refractivity contribution in [2.75, 3.05) is 25.2 Å². The molecule has 0 saturated carbocycles. The van der Waals surface area contributed by atoms with Crippen LogP contribution in [0.4, 0.5) is 0 Å². The molecular formula is C15H26N2O. The van der Waals surface area contributed by atoms with Crippen LogP contribution >= 0.6 is 0 Å². The fraction of sp³-hybridized carbons (Fsp3) is 0.733. The fourth-order valence-electron chi connectivity index (χ4n) is 2.70. The monoisotopic (exact) mass is 250 g/mol. The average Bonchev–Trinajstić information content (AvgIpc) is 2.71. The van der Waals surface area contributed by atoms with Crippen molar-refractivity contribution in [3.8, 4) is 0 Å². The Morgan fingerprint density at radius 3 is 2.50 bits per heavy atom. The van der Waals surface area contributed by atoms with Gasteiger partial charge in [-0.3, -0.25) is 4.68 Å². The van der Waals surface area contributed by atoms with Crippen molar-refractivity contribution in [1.29, 1.82) is 0 Å². The van der Waals surface area contributed by atoms with Gasteiger partial charge in [0, 0.05) is 31.1 Å². The van der Waals surface area contributed by atoms with Crippen molar-refractivity contribution in [2.45, 2.75) is 46.0 Å². The molecule has 0 bridgehead atoms. The normalized spacial score (nSPS) is 17.0. The number of hydrogen-bond acceptors (Lipinski definition) is 2. The maximum atomic E-state index is 5.39. The Balaban J connectivity index is 1.58. The molecule has 1 aromatic heterocycles. The van der Waals surface area contributed by atoms with Crippen LogP contribution in [0.3, 0.4) is 0 Å². The second kappa shape index (κ2) is 6.83. The van der Waals surface area contributed by atoms with E-state index in [1.807, 2.05) is 0 Å². The minimum absolute atomic E-state index is 0.911. The van der Waals surface area contributed by atoms with Crippen LogP contribution in [-0.4, -0.2) is 24.4 Å². The first kappa shape index (κ1) is 13.5. The first-order chi connectivity index (χ1) is 8.77. The quantitative estimate of drug-likeness (QED) is 0.784. The summed E-state index contributed by atoms with van der Waals surface area (Å²) >= 11 is 0. The second-order valence-corrected chi connectivity index (χ2v) is 5.41. The zero-order chi connectivity index (χ0) is 12.8. The summed E-state index contributed by atoms with van der Waals surface area (Å²) in [5, 5.41) is 0. The third-order valence-corrected chi connectivity index (χ3v) is 3.92. The van der Waals surface area contributed by atoms with Crippen LogP contribution in [-0.2, 0) is 4.74 Å². The molecule has 1 aromatic rings. The van der Waals surface area contributed by atoms with Crippen molar-refractivity contribution in [1.82, 2.24) is 4.68 Å². The van der Waals surface area contributed by atoms with Crippen LogP contribution in [0.5, 0.6) is 0 Å². The Bertz CT molecular complexity index is 334. The van der Waals surface area contributed by atoms with Crippen molar-refractivity contribution in [3.63, 3.8) is 0 Å². The van der Waals surface area contributed by atoms with Gasteiger partial charge in [-0.2, -0.15) is 0 Å². The molecule has 0 unspecified atom stereocenters. The van der Waals surface area contributed by atoms with Gasteiger partial charge in [0.15, 0.2) is 0 Å². The number of aryl methyl sites for hydroxylation is 2. The van der Waals surface area contributed by atoms with Crippen molar-refractivity contribution in [3.05, 3.63) is 23.5 Å². The molecule has 2 heterocycles. The van der Waals surface area contributed by atoms with Crippen LogP contribution < -0.4 is 5.43 Å². The smallest absolute Gasteiger partial charge is 0.0468 e. The minimum Gasteiger partial charge on any atom is -0.381 e. The molecular weight excluding hydrogens is 224 g/mol. The van der Waals surface area contributed by atoms with E-state index in [1.165, 1.54) is 43.5 Å². The Morgan fingerprint density at radius 1 is 1.17 bits per heavy atom. The summed E-state index contributed by atoms with van der Waals surface area (Å²) in [6.45, 7) is 7.30. The first-order valence-corrected chi connectivity index (χ1v) is 7.24. The molecule has 1 saturated heterocycles. The van der Waals surface area contributed by atoms with Gasteiger partial charge in [-0.15, -0.1) is 0 Å². The minimum atomic E-state index is 0.911. The molecule has 1 aliphatic rings. The lowest BCUT2D eigenvalue weighted by Gasteiger charge is -2.21. The third kappa shape index (κ3) is 3.77. The Labute approximate surface area is 110 Å². The molecule has 2 rings (SSSR count). The number of aromatic nitrogens is 1. The summed E-state index contributed by atoms with van der Waals surface area (Å²) < 4.78 is 7.58. The standard InChI is InChI=1S/C15H26N2O/c1-13-6-7-14(2)17(13)16-10-4-3-5-15-8-11-18-12-9-15/h6-7,15-16H,3-5,8-12H2,1-2H3. The van der Waals surface area contributed by atoms with Gasteiger partial charge in [0.1, 0.15) is 0 Å². The van der Waals surface area contributed by atoms with E-state index in [2.05, 4.69) is 36.1 Å². The number of hydrogen-bond donors (Lipinski definition) is 1. The summed E-state index contributed by atoms with van der Waals surface area (Å²) in [5.41, 5.74) is 6.07. The van der Waals surface area contributed by atoms with E-state index in [1.54, 1.807) is 0 Å². The lowest BCUT2D eigenvalue weighted by atomic mass is 9.94. The van der Waals surface area contributed by atoms with E-state index in [0.29, 0.717) is 0 Å². The van der Waals surface area contributed by atoms with Crippen molar-refractivity contribution >= 4 is 0 Å².